The number of carbonyl (C=O) groups excluding carboxylic acids is 1. The first-order chi connectivity index (χ1) is 7.49. The number of hydrogen-bond donors (Lipinski definition) is 3. The summed E-state index contributed by atoms with van der Waals surface area (Å²) < 4.78 is 5.32. The first kappa shape index (κ1) is 12.8. The highest BCUT2D eigenvalue weighted by Gasteiger charge is 2.37. The zero-order valence-electron chi connectivity index (χ0n) is 9.58. The highest BCUT2D eigenvalue weighted by molar-refractivity contribution is 5.82. The first-order valence-corrected chi connectivity index (χ1v) is 5.31. The summed E-state index contributed by atoms with van der Waals surface area (Å²) in [5.74, 6) is -1.06. The zero-order valence-corrected chi connectivity index (χ0v) is 9.58. The third-order valence-electron chi connectivity index (χ3n) is 2.99. The highest BCUT2D eigenvalue weighted by Crippen LogP contribution is 2.34. The van der Waals surface area contributed by atoms with Crippen LogP contribution in [-0.2, 0) is 9.53 Å². The molecule has 0 saturated heterocycles. The summed E-state index contributed by atoms with van der Waals surface area (Å²) in [5, 5.41) is 13.5. The van der Waals surface area contributed by atoms with Crippen LogP contribution in [0, 0.1) is 0 Å². The van der Waals surface area contributed by atoms with Crippen LogP contribution < -0.4 is 10.6 Å². The number of methoxy groups -OCH3 is 1. The van der Waals surface area contributed by atoms with Crippen LogP contribution in [0.5, 0.6) is 0 Å². The van der Waals surface area contributed by atoms with Gasteiger partial charge in [-0.1, -0.05) is 0 Å². The van der Waals surface area contributed by atoms with Gasteiger partial charge >= 0.3 is 12.0 Å². The van der Waals surface area contributed by atoms with Crippen LogP contribution in [0.4, 0.5) is 4.79 Å². The summed E-state index contributed by atoms with van der Waals surface area (Å²) in [6.07, 6.45) is 2.96. The lowest BCUT2D eigenvalue weighted by molar-refractivity contribution is -0.138. The van der Waals surface area contributed by atoms with Crippen molar-refractivity contribution in [3.8, 4) is 0 Å². The summed E-state index contributed by atoms with van der Waals surface area (Å²) in [6, 6.07) is -1.36. The van der Waals surface area contributed by atoms with Crippen molar-refractivity contribution in [1.82, 2.24) is 10.6 Å². The summed E-state index contributed by atoms with van der Waals surface area (Å²) in [4.78, 5) is 21.8. The number of aliphatic carboxylic acids is 1. The van der Waals surface area contributed by atoms with Crippen molar-refractivity contribution in [3.63, 3.8) is 0 Å². The number of rotatable bonds is 5. The zero-order chi connectivity index (χ0) is 12.2. The van der Waals surface area contributed by atoms with Gasteiger partial charge in [-0.2, -0.15) is 0 Å². The maximum atomic E-state index is 11.3. The lowest BCUT2D eigenvalue weighted by Gasteiger charge is -2.40. The van der Waals surface area contributed by atoms with Crippen LogP contribution in [0.1, 0.15) is 26.2 Å². The summed E-state index contributed by atoms with van der Waals surface area (Å²) in [6.45, 7) is 1.83. The lowest BCUT2D eigenvalue weighted by atomic mass is 9.80. The van der Waals surface area contributed by atoms with E-state index < -0.39 is 18.0 Å². The van der Waals surface area contributed by atoms with Crippen molar-refractivity contribution in [3.05, 3.63) is 0 Å². The van der Waals surface area contributed by atoms with Gasteiger partial charge in [0.05, 0.1) is 5.60 Å². The van der Waals surface area contributed by atoms with Gasteiger partial charge in [-0.05, 0) is 26.2 Å². The maximum Gasteiger partial charge on any atom is 0.325 e. The molecule has 0 aromatic carbocycles. The van der Waals surface area contributed by atoms with E-state index in [0.29, 0.717) is 6.54 Å². The summed E-state index contributed by atoms with van der Waals surface area (Å²) in [5.41, 5.74) is -0.246. The van der Waals surface area contributed by atoms with Crippen molar-refractivity contribution >= 4 is 12.0 Å². The molecule has 0 bridgehead atoms. The molecule has 1 aliphatic rings. The van der Waals surface area contributed by atoms with E-state index in [1.54, 1.807) is 7.11 Å². The molecule has 0 aromatic rings. The Labute approximate surface area is 94.3 Å². The Kier molecular flexibility index (Phi) is 4.12. The molecule has 1 aliphatic carbocycles. The quantitative estimate of drug-likeness (QED) is 0.635. The van der Waals surface area contributed by atoms with Crippen LogP contribution in [0.2, 0.25) is 0 Å². The number of carboxylic acid groups (broad SMARTS) is 1. The molecular weight excluding hydrogens is 212 g/mol. The Morgan fingerprint density at radius 2 is 2.12 bits per heavy atom. The summed E-state index contributed by atoms with van der Waals surface area (Å²) >= 11 is 0. The molecule has 1 fully saturated rings. The molecule has 1 atom stereocenters. The molecule has 1 saturated carbocycles. The predicted octanol–water partition coefficient (Wildman–Crippen LogP) is 0.328. The molecule has 0 unspecified atom stereocenters. The van der Waals surface area contributed by atoms with E-state index in [9.17, 15) is 9.59 Å². The SMILES string of the molecule is COC1(CNC(=O)N[C@@H](C)C(=O)O)CCC1. The van der Waals surface area contributed by atoms with E-state index >= 15 is 0 Å². The fraction of sp³-hybridized carbons (Fsp3) is 0.800. The van der Waals surface area contributed by atoms with E-state index in [1.165, 1.54) is 6.92 Å². The monoisotopic (exact) mass is 230 g/mol. The molecule has 0 spiro atoms. The van der Waals surface area contributed by atoms with E-state index in [0.717, 1.165) is 19.3 Å². The molecule has 6 nitrogen and oxygen atoms in total. The molecule has 1 rings (SSSR count). The second-order valence-corrected chi connectivity index (χ2v) is 4.13. The molecule has 3 N–H and O–H groups in total. The molecular formula is C10H18N2O4. The van der Waals surface area contributed by atoms with Gasteiger partial charge in [-0.25, -0.2) is 4.79 Å². The van der Waals surface area contributed by atoms with Gasteiger partial charge in [0.1, 0.15) is 6.04 Å². The average Bonchev–Trinajstić information content (AvgIpc) is 2.16. The van der Waals surface area contributed by atoms with Crippen molar-refractivity contribution in [2.24, 2.45) is 0 Å². The minimum absolute atomic E-state index is 0.246. The number of carboxylic acids is 1. The molecule has 92 valence electrons. The fourth-order valence-corrected chi connectivity index (χ4v) is 1.57. The Morgan fingerprint density at radius 3 is 2.50 bits per heavy atom. The van der Waals surface area contributed by atoms with Crippen molar-refractivity contribution in [2.45, 2.75) is 37.8 Å². The van der Waals surface area contributed by atoms with Gasteiger partial charge in [-0.3, -0.25) is 4.79 Å². The largest absolute Gasteiger partial charge is 0.480 e. The van der Waals surface area contributed by atoms with Gasteiger partial charge < -0.3 is 20.5 Å². The minimum Gasteiger partial charge on any atom is -0.480 e. The Hall–Kier alpha value is -1.30. The van der Waals surface area contributed by atoms with Crippen molar-refractivity contribution in [1.29, 1.82) is 0 Å². The standard InChI is InChI=1S/C10H18N2O4/c1-7(8(13)14)12-9(15)11-6-10(16-2)4-3-5-10/h7H,3-6H2,1-2H3,(H,13,14)(H2,11,12,15)/t7-/m0/s1. The number of hydrogen-bond acceptors (Lipinski definition) is 3. The molecule has 0 radical (unpaired) electrons. The Bertz CT molecular complexity index is 270. The summed E-state index contributed by atoms with van der Waals surface area (Å²) in [7, 11) is 1.62. The van der Waals surface area contributed by atoms with E-state index in [1.807, 2.05) is 0 Å². The average molecular weight is 230 g/mol. The second kappa shape index (κ2) is 5.16. The number of ether oxygens (including phenoxy) is 1. The van der Waals surface area contributed by atoms with Gasteiger partial charge in [0.25, 0.3) is 0 Å². The number of amides is 2. The van der Waals surface area contributed by atoms with Gasteiger partial charge in [-0.15, -0.1) is 0 Å². The number of carbonyl (C=O) groups is 2. The van der Waals surface area contributed by atoms with Crippen LogP contribution in [0.25, 0.3) is 0 Å². The predicted molar refractivity (Wildman–Crippen MR) is 57.2 cm³/mol. The molecule has 0 aromatic heterocycles. The third-order valence-corrected chi connectivity index (χ3v) is 2.99. The fourth-order valence-electron chi connectivity index (χ4n) is 1.57. The number of urea groups is 1. The lowest BCUT2D eigenvalue weighted by Crippen LogP contribution is -2.53. The smallest absolute Gasteiger partial charge is 0.325 e. The molecule has 16 heavy (non-hydrogen) atoms. The van der Waals surface area contributed by atoms with Crippen LogP contribution in [0.15, 0.2) is 0 Å². The van der Waals surface area contributed by atoms with Gasteiger partial charge in [0.15, 0.2) is 0 Å². The molecule has 0 heterocycles. The second-order valence-electron chi connectivity index (χ2n) is 4.13. The first-order valence-electron chi connectivity index (χ1n) is 5.31. The molecule has 6 heteroatoms. The topological polar surface area (TPSA) is 87.7 Å². The Morgan fingerprint density at radius 1 is 1.50 bits per heavy atom. The number of nitrogens with one attached hydrogen (secondary N) is 2. The van der Waals surface area contributed by atoms with Crippen molar-refractivity contribution < 1.29 is 19.4 Å². The molecule has 2 amide bonds. The third kappa shape index (κ3) is 3.10. The highest BCUT2D eigenvalue weighted by atomic mass is 16.5. The van der Waals surface area contributed by atoms with Crippen LogP contribution in [-0.4, -0.2) is 42.4 Å². The van der Waals surface area contributed by atoms with E-state index in [4.69, 9.17) is 9.84 Å². The van der Waals surface area contributed by atoms with Gasteiger partial charge in [0, 0.05) is 13.7 Å². The van der Waals surface area contributed by atoms with Crippen LogP contribution >= 0.6 is 0 Å². The molecule has 0 aliphatic heterocycles. The van der Waals surface area contributed by atoms with Gasteiger partial charge in [0.2, 0.25) is 0 Å². The normalized spacial score (nSPS) is 19.4. The van der Waals surface area contributed by atoms with E-state index in [-0.39, 0.29) is 5.60 Å². The minimum atomic E-state index is -1.06. The van der Waals surface area contributed by atoms with Crippen molar-refractivity contribution in [2.75, 3.05) is 13.7 Å². The van der Waals surface area contributed by atoms with E-state index in [2.05, 4.69) is 10.6 Å². The van der Waals surface area contributed by atoms with Crippen LogP contribution in [0.3, 0.4) is 0 Å². The maximum absolute atomic E-state index is 11.3. The Balaban J connectivity index is 2.27.